The Bertz CT molecular complexity index is 1810. The number of nitrogens with zero attached hydrogens (tertiary/aromatic N) is 3. The Hall–Kier alpha value is -3.63. The monoisotopic (exact) mass is 573 g/mol. The first-order valence-electron chi connectivity index (χ1n) is 13.2. The maximum Gasteiger partial charge on any atom is 0.279 e. The highest BCUT2D eigenvalue weighted by atomic mass is 32.2. The van der Waals surface area contributed by atoms with Gasteiger partial charge in [-0.2, -0.15) is 9.30 Å². The first-order valence-corrected chi connectivity index (χ1v) is 15.5. The lowest BCUT2D eigenvalue weighted by atomic mass is 10.1. The SMILES string of the molecule is CCOCCn1c(=NC(=O)c2ccc(S(=O)(=O)N(CC)Cc3ccccc3)cc2)sc2c3ccccc3ccc21. The van der Waals surface area contributed by atoms with Crippen LogP contribution in [0.5, 0.6) is 0 Å². The molecule has 0 atom stereocenters. The predicted octanol–water partition coefficient (Wildman–Crippen LogP) is 5.84. The van der Waals surface area contributed by atoms with E-state index in [9.17, 15) is 13.2 Å². The van der Waals surface area contributed by atoms with Gasteiger partial charge in [0, 0.05) is 37.2 Å². The van der Waals surface area contributed by atoms with Gasteiger partial charge in [-0.3, -0.25) is 4.79 Å². The number of hydrogen-bond acceptors (Lipinski definition) is 5. The van der Waals surface area contributed by atoms with Crippen molar-refractivity contribution in [3.8, 4) is 0 Å². The maximum absolute atomic E-state index is 13.3. The van der Waals surface area contributed by atoms with E-state index in [0.717, 1.165) is 26.6 Å². The third kappa shape index (κ3) is 5.78. The molecular weight excluding hydrogens is 542 g/mol. The summed E-state index contributed by atoms with van der Waals surface area (Å²) < 4.78 is 36.7. The van der Waals surface area contributed by atoms with Crippen LogP contribution in [0.1, 0.15) is 29.8 Å². The van der Waals surface area contributed by atoms with Gasteiger partial charge in [0.15, 0.2) is 4.80 Å². The lowest BCUT2D eigenvalue weighted by Gasteiger charge is -2.20. The van der Waals surface area contributed by atoms with Crippen molar-refractivity contribution in [2.75, 3.05) is 19.8 Å². The fourth-order valence-electron chi connectivity index (χ4n) is 4.62. The fourth-order valence-corrected chi connectivity index (χ4v) is 7.25. The Balaban J connectivity index is 1.46. The van der Waals surface area contributed by atoms with Gasteiger partial charge in [-0.1, -0.05) is 78.9 Å². The lowest BCUT2D eigenvalue weighted by molar-refractivity contribution is 0.0996. The van der Waals surface area contributed by atoms with Crippen LogP contribution in [-0.4, -0.2) is 43.0 Å². The molecule has 5 aromatic rings. The molecule has 0 aliphatic rings. The van der Waals surface area contributed by atoms with Crippen LogP contribution in [0.2, 0.25) is 0 Å². The Morgan fingerprint density at radius 2 is 1.65 bits per heavy atom. The van der Waals surface area contributed by atoms with Crippen molar-refractivity contribution < 1.29 is 17.9 Å². The molecule has 4 aromatic carbocycles. The molecular formula is C31H31N3O4S2. The number of amides is 1. The minimum absolute atomic E-state index is 0.141. The second-order valence-corrected chi connectivity index (χ2v) is 12.1. The molecule has 1 amide bonds. The van der Waals surface area contributed by atoms with E-state index in [1.165, 1.54) is 39.9 Å². The number of fused-ring (bicyclic) bond motifs is 3. The molecule has 0 saturated carbocycles. The Morgan fingerprint density at radius 1 is 0.925 bits per heavy atom. The molecule has 0 radical (unpaired) electrons. The molecule has 5 rings (SSSR count). The molecule has 9 heteroatoms. The highest BCUT2D eigenvalue weighted by molar-refractivity contribution is 7.89. The zero-order chi connectivity index (χ0) is 28.1. The second-order valence-electron chi connectivity index (χ2n) is 9.23. The quantitative estimate of drug-likeness (QED) is 0.197. The summed E-state index contributed by atoms with van der Waals surface area (Å²) >= 11 is 1.47. The molecule has 7 nitrogen and oxygen atoms in total. The number of carbonyl (C=O) groups excluding carboxylic acids is 1. The van der Waals surface area contributed by atoms with Crippen LogP contribution in [0.15, 0.2) is 101 Å². The van der Waals surface area contributed by atoms with Crippen molar-refractivity contribution in [2.24, 2.45) is 4.99 Å². The molecule has 0 N–H and O–H groups in total. The largest absolute Gasteiger partial charge is 0.380 e. The summed E-state index contributed by atoms with van der Waals surface area (Å²) in [5.74, 6) is -0.429. The van der Waals surface area contributed by atoms with Crippen molar-refractivity contribution in [3.63, 3.8) is 0 Å². The van der Waals surface area contributed by atoms with Crippen LogP contribution >= 0.6 is 11.3 Å². The van der Waals surface area contributed by atoms with Gasteiger partial charge in [0.05, 0.1) is 21.7 Å². The van der Waals surface area contributed by atoms with E-state index >= 15 is 0 Å². The number of sulfonamides is 1. The van der Waals surface area contributed by atoms with Crippen LogP contribution in [0, 0.1) is 0 Å². The molecule has 206 valence electrons. The third-order valence-electron chi connectivity index (χ3n) is 6.73. The number of benzene rings is 4. The summed E-state index contributed by atoms with van der Waals surface area (Å²) in [5, 5.41) is 2.23. The van der Waals surface area contributed by atoms with Crippen molar-refractivity contribution in [1.82, 2.24) is 8.87 Å². The van der Waals surface area contributed by atoms with Gasteiger partial charge in [-0.15, -0.1) is 0 Å². The summed E-state index contributed by atoms with van der Waals surface area (Å²) in [7, 11) is -3.73. The highest BCUT2D eigenvalue weighted by Crippen LogP contribution is 2.28. The minimum Gasteiger partial charge on any atom is -0.380 e. The predicted molar refractivity (Wildman–Crippen MR) is 160 cm³/mol. The summed E-state index contributed by atoms with van der Waals surface area (Å²) in [6.45, 7) is 6.03. The molecule has 0 aliphatic heterocycles. The van der Waals surface area contributed by atoms with Crippen molar-refractivity contribution in [1.29, 1.82) is 0 Å². The zero-order valence-electron chi connectivity index (χ0n) is 22.5. The van der Waals surface area contributed by atoms with Gasteiger partial charge in [-0.25, -0.2) is 8.42 Å². The molecule has 0 fully saturated rings. The Labute approximate surface area is 238 Å². The zero-order valence-corrected chi connectivity index (χ0v) is 24.1. The maximum atomic E-state index is 13.3. The van der Waals surface area contributed by atoms with Gasteiger partial charge in [0.25, 0.3) is 5.91 Å². The number of hydrogen-bond donors (Lipinski definition) is 0. The second kappa shape index (κ2) is 12.3. The molecule has 0 spiro atoms. The van der Waals surface area contributed by atoms with E-state index in [0.29, 0.717) is 36.7 Å². The fraction of sp³-hybridized carbons (Fsp3) is 0.226. The Morgan fingerprint density at radius 3 is 2.38 bits per heavy atom. The van der Waals surface area contributed by atoms with E-state index in [-0.39, 0.29) is 11.4 Å². The summed E-state index contributed by atoms with van der Waals surface area (Å²) in [6.07, 6.45) is 0. The number of aromatic nitrogens is 1. The van der Waals surface area contributed by atoms with Gasteiger partial charge in [0.2, 0.25) is 10.0 Å². The van der Waals surface area contributed by atoms with Crippen LogP contribution in [0.4, 0.5) is 0 Å². The van der Waals surface area contributed by atoms with Gasteiger partial charge in [0.1, 0.15) is 0 Å². The third-order valence-corrected chi connectivity index (χ3v) is 9.79. The normalized spacial score (nSPS) is 12.5. The standard InChI is InChI=1S/C31H31N3O4S2/c1-3-33(22-23-10-6-5-7-11-23)40(36,37)26-17-14-25(15-18-26)30(35)32-31-34(20-21-38-4-2)28-19-16-24-12-8-9-13-27(24)29(28)39-31/h5-19H,3-4,20-22H2,1-2H3. The molecule has 40 heavy (non-hydrogen) atoms. The van der Waals surface area contributed by atoms with Crippen LogP contribution in [0.25, 0.3) is 21.0 Å². The van der Waals surface area contributed by atoms with Gasteiger partial charge in [-0.05, 0) is 48.2 Å². The molecule has 0 bridgehead atoms. The van der Waals surface area contributed by atoms with Crippen molar-refractivity contribution in [3.05, 3.63) is 107 Å². The minimum atomic E-state index is -3.73. The first-order chi connectivity index (χ1) is 19.4. The molecule has 1 aromatic heterocycles. The summed E-state index contributed by atoms with van der Waals surface area (Å²) in [4.78, 5) is 18.5. The highest BCUT2D eigenvalue weighted by Gasteiger charge is 2.23. The van der Waals surface area contributed by atoms with Crippen LogP contribution < -0.4 is 4.80 Å². The molecule has 0 aliphatic carbocycles. The summed E-state index contributed by atoms with van der Waals surface area (Å²) in [6, 6.07) is 27.8. The lowest BCUT2D eigenvalue weighted by Crippen LogP contribution is -2.30. The van der Waals surface area contributed by atoms with E-state index < -0.39 is 15.9 Å². The smallest absolute Gasteiger partial charge is 0.279 e. The first kappa shape index (κ1) is 27.9. The van der Waals surface area contributed by atoms with Gasteiger partial charge < -0.3 is 9.30 Å². The van der Waals surface area contributed by atoms with Crippen molar-refractivity contribution >= 4 is 48.3 Å². The molecule has 0 saturated heterocycles. The van der Waals surface area contributed by atoms with Gasteiger partial charge >= 0.3 is 0 Å². The Kier molecular flexibility index (Phi) is 8.56. The number of ether oxygens (including phenoxy) is 1. The summed E-state index contributed by atoms with van der Waals surface area (Å²) in [5.41, 5.74) is 2.23. The average molecular weight is 574 g/mol. The molecule has 0 unspecified atom stereocenters. The number of rotatable bonds is 10. The van der Waals surface area contributed by atoms with Crippen molar-refractivity contribution in [2.45, 2.75) is 31.8 Å². The number of thiazole rings is 1. The van der Waals surface area contributed by atoms with E-state index in [1.807, 2.05) is 60.9 Å². The van der Waals surface area contributed by atoms with E-state index in [1.54, 1.807) is 0 Å². The molecule has 1 heterocycles. The average Bonchev–Trinajstić information content (AvgIpc) is 3.33. The number of carbonyl (C=O) groups is 1. The van der Waals surface area contributed by atoms with Crippen LogP contribution in [-0.2, 0) is 27.8 Å². The van der Waals surface area contributed by atoms with E-state index in [2.05, 4.69) is 29.3 Å². The van der Waals surface area contributed by atoms with E-state index in [4.69, 9.17) is 4.74 Å². The van der Waals surface area contributed by atoms with Crippen LogP contribution in [0.3, 0.4) is 0 Å². The topological polar surface area (TPSA) is 81.0 Å².